The Morgan fingerprint density at radius 3 is 2.58 bits per heavy atom. The number of furan rings is 1. The van der Waals surface area contributed by atoms with Gasteiger partial charge in [0.05, 0.1) is 13.4 Å². The molecule has 1 aromatic heterocycles. The fraction of sp³-hybridized carbons (Fsp3) is 0.0769. The summed E-state index contributed by atoms with van der Waals surface area (Å²) in [5.41, 5.74) is 0.755. The number of amides is 1. The van der Waals surface area contributed by atoms with Crippen molar-refractivity contribution >= 4 is 28.9 Å². The van der Waals surface area contributed by atoms with E-state index in [2.05, 4.69) is 10.6 Å². The van der Waals surface area contributed by atoms with E-state index in [-0.39, 0.29) is 10.9 Å². The van der Waals surface area contributed by atoms with Gasteiger partial charge in [0.25, 0.3) is 5.91 Å². The van der Waals surface area contributed by atoms with Crippen molar-refractivity contribution in [3.8, 4) is 5.75 Å². The van der Waals surface area contributed by atoms with E-state index >= 15 is 0 Å². The van der Waals surface area contributed by atoms with Crippen LogP contribution in [-0.2, 0) is 0 Å². The van der Waals surface area contributed by atoms with Crippen molar-refractivity contribution < 1.29 is 13.9 Å². The van der Waals surface area contributed by atoms with E-state index in [0.717, 1.165) is 11.4 Å². The average molecular weight is 276 g/mol. The van der Waals surface area contributed by atoms with Gasteiger partial charge >= 0.3 is 0 Å². The van der Waals surface area contributed by atoms with E-state index in [0.29, 0.717) is 0 Å². The third kappa shape index (κ3) is 3.56. The van der Waals surface area contributed by atoms with Gasteiger partial charge in [-0.3, -0.25) is 10.1 Å². The lowest BCUT2D eigenvalue weighted by Gasteiger charge is -2.09. The first kappa shape index (κ1) is 13.1. The zero-order valence-electron chi connectivity index (χ0n) is 10.2. The molecule has 98 valence electrons. The Balaban J connectivity index is 1.92. The van der Waals surface area contributed by atoms with Crippen molar-refractivity contribution in [2.75, 3.05) is 12.4 Å². The predicted octanol–water partition coefficient (Wildman–Crippen LogP) is 2.42. The summed E-state index contributed by atoms with van der Waals surface area (Å²) < 4.78 is 10.0. The monoisotopic (exact) mass is 276 g/mol. The van der Waals surface area contributed by atoms with Crippen LogP contribution in [0.15, 0.2) is 47.1 Å². The van der Waals surface area contributed by atoms with Gasteiger partial charge in [0.2, 0.25) is 0 Å². The molecule has 1 aromatic carbocycles. The van der Waals surface area contributed by atoms with Crippen LogP contribution < -0.4 is 15.4 Å². The highest BCUT2D eigenvalue weighted by Gasteiger charge is 2.10. The molecule has 0 aliphatic heterocycles. The lowest BCUT2D eigenvalue weighted by molar-refractivity contribution is 0.0950. The van der Waals surface area contributed by atoms with Gasteiger partial charge in [0.15, 0.2) is 10.9 Å². The van der Waals surface area contributed by atoms with Gasteiger partial charge in [-0.1, -0.05) is 0 Å². The number of ether oxygens (including phenoxy) is 1. The van der Waals surface area contributed by atoms with E-state index in [1.807, 2.05) is 0 Å². The highest BCUT2D eigenvalue weighted by atomic mass is 32.1. The molecule has 5 nitrogen and oxygen atoms in total. The summed E-state index contributed by atoms with van der Waals surface area (Å²) in [6.07, 6.45) is 1.43. The van der Waals surface area contributed by atoms with Crippen molar-refractivity contribution in [3.63, 3.8) is 0 Å². The maximum atomic E-state index is 11.7. The second kappa shape index (κ2) is 6.01. The number of anilines is 1. The van der Waals surface area contributed by atoms with Gasteiger partial charge in [-0.05, 0) is 48.6 Å². The number of rotatable bonds is 3. The summed E-state index contributed by atoms with van der Waals surface area (Å²) in [6.45, 7) is 0. The zero-order chi connectivity index (χ0) is 13.7. The van der Waals surface area contributed by atoms with Crippen LogP contribution in [0.1, 0.15) is 10.6 Å². The van der Waals surface area contributed by atoms with Crippen LogP contribution in [0.25, 0.3) is 0 Å². The van der Waals surface area contributed by atoms with Crippen molar-refractivity contribution in [3.05, 3.63) is 48.4 Å². The number of methoxy groups -OCH3 is 1. The average Bonchev–Trinajstić information content (AvgIpc) is 2.93. The van der Waals surface area contributed by atoms with Crippen LogP contribution in [0.4, 0.5) is 5.69 Å². The van der Waals surface area contributed by atoms with Gasteiger partial charge in [-0.2, -0.15) is 0 Å². The molecular formula is C13H12N2O3S. The molecule has 1 heterocycles. The Bertz CT molecular complexity index is 564. The van der Waals surface area contributed by atoms with E-state index in [1.54, 1.807) is 43.5 Å². The summed E-state index contributed by atoms with van der Waals surface area (Å²) in [7, 11) is 1.59. The van der Waals surface area contributed by atoms with Crippen molar-refractivity contribution in [1.82, 2.24) is 5.32 Å². The highest BCUT2D eigenvalue weighted by Crippen LogP contribution is 2.14. The minimum Gasteiger partial charge on any atom is -0.497 e. The Labute approximate surface area is 115 Å². The first-order chi connectivity index (χ1) is 9.19. The van der Waals surface area contributed by atoms with E-state index in [9.17, 15) is 4.79 Å². The topological polar surface area (TPSA) is 63.5 Å². The number of hydrogen-bond acceptors (Lipinski definition) is 4. The molecule has 19 heavy (non-hydrogen) atoms. The minimum atomic E-state index is -0.393. The Morgan fingerprint density at radius 1 is 1.26 bits per heavy atom. The summed E-state index contributed by atoms with van der Waals surface area (Å²) in [6, 6.07) is 10.4. The second-order valence-electron chi connectivity index (χ2n) is 3.61. The Kier molecular flexibility index (Phi) is 4.15. The van der Waals surface area contributed by atoms with E-state index in [4.69, 9.17) is 21.4 Å². The number of thiocarbonyl (C=S) groups is 1. The summed E-state index contributed by atoms with van der Waals surface area (Å²) in [5, 5.41) is 5.60. The standard InChI is InChI=1S/C13H12N2O3S/c1-17-10-6-4-9(5-7-10)14-13(19)15-12(16)11-3-2-8-18-11/h2-8H,1H3,(H2,14,15,16,19). The third-order valence-electron chi connectivity index (χ3n) is 2.32. The maximum Gasteiger partial charge on any atom is 0.293 e. The van der Waals surface area contributed by atoms with Crippen LogP contribution in [0.2, 0.25) is 0 Å². The van der Waals surface area contributed by atoms with Crippen LogP contribution in [0.5, 0.6) is 5.75 Å². The molecule has 0 saturated carbocycles. The smallest absolute Gasteiger partial charge is 0.293 e. The summed E-state index contributed by atoms with van der Waals surface area (Å²) >= 11 is 5.03. The fourth-order valence-corrected chi connectivity index (χ4v) is 1.62. The quantitative estimate of drug-likeness (QED) is 0.843. The number of benzene rings is 1. The minimum absolute atomic E-state index is 0.201. The zero-order valence-corrected chi connectivity index (χ0v) is 11.0. The number of carbonyl (C=O) groups is 1. The molecule has 0 unspecified atom stereocenters. The fourth-order valence-electron chi connectivity index (χ4n) is 1.41. The first-order valence-electron chi connectivity index (χ1n) is 5.49. The molecule has 0 saturated heterocycles. The molecule has 2 rings (SSSR count). The van der Waals surface area contributed by atoms with E-state index in [1.165, 1.54) is 6.26 Å². The highest BCUT2D eigenvalue weighted by molar-refractivity contribution is 7.80. The number of hydrogen-bond donors (Lipinski definition) is 2. The van der Waals surface area contributed by atoms with Crippen molar-refractivity contribution in [1.29, 1.82) is 0 Å². The molecule has 0 bridgehead atoms. The summed E-state index contributed by atoms with van der Waals surface area (Å²) in [5.74, 6) is 0.561. The Hall–Kier alpha value is -2.34. The van der Waals surface area contributed by atoms with Crippen molar-refractivity contribution in [2.45, 2.75) is 0 Å². The molecule has 0 atom stereocenters. The van der Waals surface area contributed by atoms with Gasteiger partial charge in [-0.25, -0.2) is 0 Å². The molecular weight excluding hydrogens is 264 g/mol. The lowest BCUT2D eigenvalue weighted by atomic mass is 10.3. The predicted molar refractivity (Wildman–Crippen MR) is 75.4 cm³/mol. The molecule has 0 radical (unpaired) electrons. The van der Waals surface area contributed by atoms with E-state index < -0.39 is 5.91 Å². The number of carbonyl (C=O) groups excluding carboxylic acids is 1. The normalized spacial score (nSPS) is 9.74. The van der Waals surface area contributed by atoms with Crippen LogP contribution in [0.3, 0.4) is 0 Å². The molecule has 2 aromatic rings. The number of nitrogens with one attached hydrogen (secondary N) is 2. The molecule has 0 aliphatic rings. The molecule has 0 spiro atoms. The van der Waals surface area contributed by atoms with Gasteiger partial charge in [-0.15, -0.1) is 0 Å². The molecule has 6 heteroatoms. The summed E-state index contributed by atoms with van der Waals surface area (Å²) in [4.78, 5) is 11.7. The molecule has 2 N–H and O–H groups in total. The molecule has 0 fully saturated rings. The second-order valence-corrected chi connectivity index (χ2v) is 4.02. The largest absolute Gasteiger partial charge is 0.497 e. The lowest BCUT2D eigenvalue weighted by Crippen LogP contribution is -2.33. The SMILES string of the molecule is COc1ccc(NC(=S)NC(=O)c2ccco2)cc1. The van der Waals surface area contributed by atoms with Crippen LogP contribution >= 0.6 is 12.2 Å². The maximum absolute atomic E-state index is 11.7. The van der Waals surface area contributed by atoms with Crippen LogP contribution in [-0.4, -0.2) is 18.1 Å². The Morgan fingerprint density at radius 2 is 2.00 bits per heavy atom. The molecule has 1 amide bonds. The van der Waals surface area contributed by atoms with Gasteiger partial charge in [0.1, 0.15) is 5.75 Å². The van der Waals surface area contributed by atoms with Gasteiger partial charge in [0, 0.05) is 5.69 Å². The van der Waals surface area contributed by atoms with Crippen LogP contribution in [0, 0.1) is 0 Å². The van der Waals surface area contributed by atoms with Gasteiger partial charge < -0.3 is 14.5 Å². The third-order valence-corrected chi connectivity index (χ3v) is 2.52. The van der Waals surface area contributed by atoms with Crippen molar-refractivity contribution in [2.24, 2.45) is 0 Å². The first-order valence-corrected chi connectivity index (χ1v) is 5.90. The molecule has 0 aliphatic carbocycles.